The molecule has 1 saturated heterocycles. The van der Waals surface area contributed by atoms with Crippen molar-refractivity contribution < 1.29 is 4.79 Å². The Kier molecular flexibility index (Phi) is 4.40. The van der Waals surface area contributed by atoms with Crippen LogP contribution in [0.4, 0.5) is 0 Å². The Labute approximate surface area is 104 Å². The van der Waals surface area contributed by atoms with Crippen LogP contribution in [0.5, 0.6) is 0 Å². The lowest BCUT2D eigenvalue weighted by Gasteiger charge is -2.35. The van der Waals surface area contributed by atoms with Crippen molar-refractivity contribution in [2.45, 2.75) is 45.2 Å². The summed E-state index contributed by atoms with van der Waals surface area (Å²) in [6, 6.07) is 0.362. The van der Waals surface area contributed by atoms with E-state index in [1.165, 1.54) is 19.3 Å². The molecule has 0 aromatic carbocycles. The van der Waals surface area contributed by atoms with Gasteiger partial charge >= 0.3 is 0 Å². The molecule has 0 aromatic heterocycles. The van der Waals surface area contributed by atoms with E-state index in [1.54, 1.807) is 0 Å². The molecule has 2 rings (SSSR count). The summed E-state index contributed by atoms with van der Waals surface area (Å²) in [5, 5.41) is 6.49. The van der Waals surface area contributed by atoms with Crippen molar-refractivity contribution in [3.05, 3.63) is 0 Å². The maximum absolute atomic E-state index is 12.1. The third-order valence-electron chi connectivity index (χ3n) is 4.31. The first-order valence-electron chi connectivity index (χ1n) is 6.93. The minimum absolute atomic E-state index is 0.0135. The number of hydrogen-bond donors (Lipinski definition) is 2. The van der Waals surface area contributed by atoms with E-state index < -0.39 is 0 Å². The van der Waals surface area contributed by atoms with E-state index in [-0.39, 0.29) is 11.9 Å². The molecule has 0 aromatic rings. The minimum atomic E-state index is 0.0135. The third-order valence-corrected chi connectivity index (χ3v) is 4.31. The summed E-state index contributed by atoms with van der Waals surface area (Å²) in [5.74, 6) is 0.917. The lowest BCUT2D eigenvalue weighted by atomic mass is 9.80. The predicted octanol–water partition coefficient (Wildman–Crippen LogP) is 0.585. The molecule has 2 atom stereocenters. The molecule has 2 fully saturated rings. The van der Waals surface area contributed by atoms with Crippen LogP contribution in [0.3, 0.4) is 0 Å². The summed E-state index contributed by atoms with van der Waals surface area (Å²) in [6.45, 7) is 8.12. The van der Waals surface area contributed by atoms with Crippen molar-refractivity contribution in [2.24, 2.45) is 5.92 Å². The Bertz CT molecular complexity index is 259. The maximum atomic E-state index is 12.1. The molecule has 1 amide bonds. The first kappa shape index (κ1) is 12.8. The Balaban J connectivity index is 1.77. The maximum Gasteiger partial charge on any atom is 0.237 e. The van der Waals surface area contributed by atoms with Gasteiger partial charge in [-0.25, -0.2) is 0 Å². The average Bonchev–Trinajstić information content (AvgIpc) is 2.26. The number of rotatable bonds is 4. The lowest BCUT2D eigenvalue weighted by molar-refractivity contribution is -0.127. The van der Waals surface area contributed by atoms with Crippen LogP contribution in [-0.2, 0) is 4.79 Å². The molecule has 17 heavy (non-hydrogen) atoms. The smallest absolute Gasteiger partial charge is 0.237 e. The van der Waals surface area contributed by atoms with Crippen LogP contribution in [0.2, 0.25) is 0 Å². The molecule has 2 unspecified atom stereocenters. The zero-order valence-corrected chi connectivity index (χ0v) is 11.0. The molecule has 1 heterocycles. The SMILES string of the molecule is CC(NC(=O)C(C)N1CCNCC1)C1CCC1. The largest absolute Gasteiger partial charge is 0.352 e. The highest BCUT2D eigenvalue weighted by atomic mass is 16.2. The van der Waals surface area contributed by atoms with E-state index >= 15 is 0 Å². The highest BCUT2D eigenvalue weighted by Gasteiger charge is 2.28. The fourth-order valence-electron chi connectivity index (χ4n) is 2.64. The van der Waals surface area contributed by atoms with Crippen molar-refractivity contribution in [1.29, 1.82) is 0 Å². The second-order valence-electron chi connectivity index (χ2n) is 5.45. The monoisotopic (exact) mass is 239 g/mol. The van der Waals surface area contributed by atoms with Gasteiger partial charge in [0.15, 0.2) is 0 Å². The predicted molar refractivity (Wildman–Crippen MR) is 68.9 cm³/mol. The van der Waals surface area contributed by atoms with Crippen LogP contribution in [0.1, 0.15) is 33.1 Å². The number of nitrogens with one attached hydrogen (secondary N) is 2. The van der Waals surface area contributed by atoms with Crippen LogP contribution in [-0.4, -0.2) is 49.1 Å². The van der Waals surface area contributed by atoms with E-state index in [0.29, 0.717) is 12.0 Å². The number of piperazine rings is 1. The van der Waals surface area contributed by atoms with E-state index in [0.717, 1.165) is 26.2 Å². The summed E-state index contributed by atoms with van der Waals surface area (Å²) >= 11 is 0. The second kappa shape index (κ2) is 5.83. The summed E-state index contributed by atoms with van der Waals surface area (Å²) in [4.78, 5) is 14.4. The highest BCUT2D eigenvalue weighted by molar-refractivity contribution is 5.81. The third kappa shape index (κ3) is 3.19. The number of nitrogens with zero attached hydrogens (tertiary/aromatic N) is 1. The minimum Gasteiger partial charge on any atom is -0.352 e. The number of hydrogen-bond acceptors (Lipinski definition) is 3. The molecule has 98 valence electrons. The summed E-state index contributed by atoms with van der Waals surface area (Å²) in [5.41, 5.74) is 0. The van der Waals surface area contributed by atoms with Crippen molar-refractivity contribution in [1.82, 2.24) is 15.5 Å². The van der Waals surface area contributed by atoms with Gasteiger partial charge in [0.1, 0.15) is 0 Å². The molecule has 0 spiro atoms. The first-order valence-corrected chi connectivity index (χ1v) is 6.93. The molecular formula is C13H25N3O. The Morgan fingerprint density at radius 3 is 2.47 bits per heavy atom. The van der Waals surface area contributed by atoms with E-state index in [9.17, 15) is 4.79 Å². The zero-order valence-electron chi connectivity index (χ0n) is 11.0. The second-order valence-corrected chi connectivity index (χ2v) is 5.45. The summed E-state index contributed by atoms with van der Waals surface area (Å²) < 4.78 is 0. The van der Waals surface area contributed by atoms with Gasteiger partial charge in [0.2, 0.25) is 5.91 Å². The van der Waals surface area contributed by atoms with E-state index in [4.69, 9.17) is 0 Å². The van der Waals surface area contributed by atoms with Crippen LogP contribution in [0.15, 0.2) is 0 Å². The van der Waals surface area contributed by atoms with Gasteiger partial charge in [0, 0.05) is 32.2 Å². The van der Waals surface area contributed by atoms with E-state index in [1.807, 2.05) is 6.92 Å². The van der Waals surface area contributed by atoms with Gasteiger partial charge in [0.05, 0.1) is 6.04 Å². The fraction of sp³-hybridized carbons (Fsp3) is 0.923. The van der Waals surface area contributed by atoms with Crippen molar-refractivity contribution in [2.75, 3.05) is 26.2 Å². The van der Waals surface area contributed by atoms with Gasteiger partial charge in [-0.2, -0.15) is 0 Å². The number of amides is 1. The number of carbonyl (C=O) groups excluding carboxylic acids is 1. The fourth-order valence-corrected chi connectivity index (χ4v) is 2.64. The summed E-state index contributed by atoms with van der Waals surface area (Å²) in [6.07, 6.45) is 3.89. The van der Waals surface area contributed by atoms with Gasteiger partial charge in [-0.15, -0.1) is 0 Å². The molecule has 2 aliphatic rings. The highest BCUT2D eigenvalue weighted by Crippen LogP contribution is 2.29. The van der Waals surface area contributed by atoms with Crippen molar-refractivity contribution in [3.8, 4) is 0 Å². The van der Waals surface area contributed by atoms with Gasteiger partial charge in [0.25, 0.3) is 0 Å². The first-order chi connectivity index (χ1) is 8.18. The lowest BCUT2D eigenvalue weighted by Crippen LogP contribution is -2.54. The summed E-state index contributed by atoms with van der Waals surface area (Å²) in [7, 11) is 0. The van der Waals surface area contributed by atoms with Crippen molar-refractivity contribution in [3.63, 3.8) is 0 Å². The molecule has 1 aliphatic carbocycles. The molecule has 0 bridgehead atoms. The Morgan fingerprint density at radius 2 is 1.94 bits per heavy atom. The molecule has 1 saturated carbocycles. The van der Waals surface area contributed by atoms with E-state index in [2.05, 4.69) is 22.5 Å². The Hall–Kier alpha value is -0.610. The Morgan fingerprint density at radius 1 is 1.29 bits per heavy atom. The molecule has 1 aliphatic heterocycles. The normalized spacial score (nSPS) is 26.0. The quantitative estimate of drug-likeness (QED) is 0.754. The molecule has 0 radical (unpaired) electrons. The van der Waals surface area contributed by atoms with Crippen LogP contribution >= 0.6 is 0 Å². The molecular weight excluding hydrogens is 214 g/mol. The number of carbonyl (C=O) groups is 1. The standard InChI is InChI=1S/C13H25N3O/c1-10(12-4-3-5-12)15-13(17)11(2)16-8-6-14-7-9-16/h10-12,14H,3-9H2,1-2H3,(H,15,17). The van der Waals surface area contributed by atoms with Gasteiger partial charge in [-0.1, -0.05) is 6.42 Å². The zero-order chi connectivity index (χ0) is 12.3. The molecule has 4 heteroatoms. The molecule has 4 nitrogen and oxygen atoms in total. The topological polar surface area (TPSA) is 44.4 Å². The van der Waals surface area contributed by atoms with Gasteiger partial charge in [-0.05, 0) is 32.6 Å². The van der Waals surface area contributed by atoms with Crippen LogP contribution in [0, 0.1) is 5.92 Å². The average molecular weight is 239 g/mol. The molecule has 2 N–H and O–H groups in total. The van der Waals surface area contributed by atoms with Gasteiger partial charge < -0.3 is 10.6 Å². The van der Waals surface area contributed by atoms with Crippen LogP contribution in [0.25, 0.3) is 0 Å². The van der Waals surface area contributed by atoms with Gasteiger partial charge in [-0.3, -0.25) is 9.69 Å². The van der Waals surface area contributed by atoms with Crippen molar-refractivity contribution >= 4 is 5.91 Å². The van der Waals surface area contributed by atoms with Crippen LogP contribution < -0.4 is 10.6 Å².